The molecule has 2 aromatic carbocycles. The van der Waals surface area contributed by atoms with Gasteiger partial charge in [0.25, 0.3) is 0 Å². The molecule has 0 aromatic heterocycles. The van der Waals surface area contributed by atoms with E-state index in [-0.39, 0.29) is 6.10 Å². The summed E-state index contributed by atoms with van der Waals surface area (Å²) in [5, 5.41) is 0. The fraction of sp³-hybridized carbons (Fsp3) is 0.481. The van der Waals surface area contributed by atoms with E-state index in [9.17, 15) is 0 Å². The van der Waals surface area contributed by atoms with E-state index in [1.807, 2.05) is 12.1 Å². The third-order valence-corrected chi connectivity index (χ3v) is 5.92. The number of benzene rings is 2. The van der Waals surface area contributed by atoms with Crippen molar-refractivity contribution in [2.24, 2.45) is 0 Å². The van der Waals surface area contributed by atoms with Gasteiger partial charge in [0.2, 0.25) is 0 Å². The highest BCUT2D eigenvalue weighted by molar-refractivity contribution is 5.29. The van der Waals surface area contributed by atoms with Gasteiger partial charge in [0.1, 0.15) is 18.2 Å². The van der Waals surface area contributed by atoms with Crippen LogP contribution in [0.25, 0.3) is 0 Å². The van der Waals surface area contributed by atoms with Crippen molar-refractivity contribution in [2.75, 3.05) is 32.8 Å². The van der Waals surface area contributed by atoms with Crippen LogP contribution in [-0.4, -0.2) is 38.4 Å². The number of nitrogens with one attached hydrogen (secondary N) is 1. The first kappa shape index (κ1) is 22.6. The highest BCUT2D eigenvalue weighted by Gasteiger charge is 2.21. The van der Waals surface area contributed by atoms with E-state index in [0.717, 1.165) is 24.1 Å². The molecule has 3 heteroatoms. The van der Waals surface area contributed by atoms with Gasteiger partial charge in [0.05, 0.1) is 26.3 Å². The Morgan fingerprint density at radius 3 is 2.07 bits per heavy atom. The second-order valence-corrected chi connectivity index (χ2v) is 8.29. The SMILES string of the molecule is CC[C@](C)(C#CC[NH+]1CCCCC1)OCCOC(c1ccccc1)c1ccccc1. The third kappa shape index (κ3) is 6.99. The van der Waals surface area contributed by atoms with Gasteiger partial charge in [0.15, 0.2) is 0 Å². The van der Waals surface area contributed by atoms with Crippen molar-refractivity contribution in [1.82, 2.24) is 0 Å². The normalized spacial score (nSPS) is 16.6. The van der Waals surface area contributed by atoms with Gasteiger partial charge in [0, 0.05) is 0 Å². The predicted octanol–water partition coefficient (Wildman–Crippen LogP) is 4.05. The molecule has 0 radical (unpaired) electrons. The monoisotopic (exact) mass is 406 g/mol. The van der Waals surface area contributed by atoms with Crippen LogP contribution < -0.4 is 4.90 Å². The minimum absolute atomic E-state index is 0.0855. The lowest BCUT2D eigenvalue weighted by atomic mass is 10.0. The van der Waals surface area contributed by atoms with Crippen molar-refractivity contribution in [2.45, 2.75) is 51.2 Å². The Labute approximate surface area is 182 Å². The maximum Gasteiger partial charge on any atom is 0.139 e. The summed E-state index contributed by atoms with van der Waals surface area (Å²) < 4.78 is 12.5. The van der Waals surface area contributed by atoms with Crippen molar-refractivity contribution in [3.63, 3.8) is 0 Å². The van der Waals surface area contributed by atoms with Gasteiger partial charge in [-0.2, -0.15) is 0 Å². The Kier molecular flexibility index (Phi) is 8.96. The molecule has 0 unspecified atom stereocenters. The summed E-state index contributed by atoms with van der Waals surface area (Å²) in [6.45, 7) is 8.74. The third-order valence-electron chi connectivity index (χ3n) is 5.92. The summed E-state index contributed by atoms with van der Waals surface area (Å²) in [5.41, 5.74) is 1.91. The summed E-state index contributed by atoms with van der Waals surface area (Å²) >= 11 is 0. The van der Waals surface area contributed by atoms with Crippen LogP contribution in [0.4, 0.5) is 0 Å². The molecule has 1 atom stereocenters. The maximum atomic E-state index is 6.28. The number of likely N-dealkylation sites (tertiary alicyclic amines) is 1. The van der Waals surface area contributed by atoms with Crippen LogP contribution in [0.15, 0.2) is 60.7 Å². The van der Waals surface area contributed by atoms with E-state index in [1.165, 1.54) is 32.4 Å². The van der Waals surface area contributed by atoms with Crippen molar-refractivity contribution >= 4 is 0 Å². The maximum absolute atomic E-state index is 6.28. The fourth-order valence-electron chi connectivity index (χ4n) is 3.88. The lowest BCUT2D eigenvalue weighted by molar-refractivity contribution is -0.897. The van der Waals surface area contributed by atoms with Crippen LogP contribution >= 0.6 is 0 Å². The average Bonchev–Trinajstić information content (AvgIpc) is 2.81. The molecule has 1 saturated heterocycles. The summed E-state index contributed by atoms with van der Waals surface area (Å²) in [4.78, 5) is 1.61. The van der Waals surface area contributed by atoms with E-state index in [2.05, 4.69) is 74.2 Å². The Morgan fingerprint density at radius 2 is 1.50 bits per heavy atom. The molecule has 0 saturated carbocycles. The first-order valence-electron chi connectivity index (χ1n) is 11.4. The zero-order valence-corrected chi connectivity index (χ0v) is 18.5. The number of hydrogen-bond acceptors (Lipinski definition) is 2. The Hall–Kier alpha value is -2.12. The van der Waals surface area contributed by atoms with Crippen LogP contribution in [0.5, 0.6) is 0 Å². The number of hydrogen-bond donors (Lipinski definition) is 1. The molecule has 1 heterocycles. The second-order valence-electron chi connectivity index (χ2n) is 8.29. The lowest BCUT2D eigenvalue weighted by Gasteiger charge is -2.25. The summed E-state index contributed by atoms with van der Waals surface area (Å²) in [5.74, 6) is 6.79. The van der Waals surface area contributed by atoms with Crippen LogP contribution in [0.2, 0.25) is 0 Å². The largest absolute Gasteiger partial charge is 0.366 e. The topological polar surface area (TPSA) is 22.9 Å². The van der Waals surface area contributed by atoms with Crippen molar-refractivity contribution < 1.29 is 14.4 Å². The van der Waals surface area contributed by atoms with Crippen molar-refractivity contribution in [3.05, 3.63) is 71.8 Å². The molecule has 0 spiro atoms. The molecule has 3 rings (SSSR count). The highest BCUT2D eigenvalue weighted by Crippen LogP contribution is 2.25. The van der Waals surface area contributed by atoms with E-state index in [0.29, 0.717) is 13.2 Å². The van der Waals surface area contributed by atoms with Crippen LogP contribution in [0, 0.1) is 11.8 Å². The average molecular weight is 407 g/mol. The first-order valence-corrected chi connectivity index (χ1v) is 11.4. The van der Waals surface area contributed by atoms with E-state index < -0.39 is 5.60 Å². The van der Waals surface area contributed by atoms with Gasteiger partial charge in [-0.1, -0.05) is 73.5 Å². The minimum Gasteiger partial charge on any atom is -0.366 e. The Bertz CT molecular complexity index is 750. The zero-order chi connectivity index (χ0) is 21.1. The van der Waals surface area contributed by atoms with Gasteiger partial charge < -0.3 is 14.4 Å². The van der Waals surface area contributed by atoms with E-state index in [4.69, 9.17) is 9.47 Å². The molecule has 1 aliphatic rings. The Balaban J connectivity index is 1.53. The molecule has 2 aromatic rings. The number of rotatable bonds is 9. The minimum atomic E-state index is -0.409. The molecular weight excluding hydrogens is 370 g/mol. The van der Waals surface area contributed by atoms with Crippen LogP contribution in [0.1, 0.15) is 56.8 Å². The molecule has 1 N–H and O–H groups in total. The molecule has 160 valence electrons. The number of ether oxygens (including phenoxy) is 2. The molecule has 1 aliphatic heterocycles. The molecule has 3 nitrogen and oxygen atoms in total. The first-order chi connectivity index (χ1) is 14.7. The quantitative estimate of drug-likeness (QED) is 0.502. The standard InChI is InChI=1S/C27H35NO2/c1-3-27(2,18-13-21-28-19-11-6-12-20-28)30-23-22-29-26(24-14-7-4-8-15-24)25-16-9-5-10-17-25/h4-5,7-10,14-17,26H,3,6,11-12,19-23H2,1-2H3/p+1/t27-/m1/s1. The molecule has 0 amide bonds. The number of piperidine rings is 1. The molecular formula is C27H36NO2+. The van der Waals surface area contributed by atoms with Gasteiger partial charge in [-0.3, -0.25) is 0 Å². The molecule has 30 heavy (non-hydrogen) atoms. The smallest absolute Gasteiger partial charge is 0.139 e. The van der Waals surface area contributed by atoms with E-state index in [1.54, 1.807) is 4.90 Å². The Morgan fingerprint density at radius 1 is 0.900 bits per heavy atom. The number of quaternary nitrogens is 1. The molecule has 1 fully saturated rings. The summed E-state index contributed by atoms with van der Waals surface area (Å²) in [6.07, 6.45) is 4.83. The highest BCUT2D eigenvalue weighted by atomic mass is 16.5. The summed E-state index contributed by atoms with van der Waals surface area (Å²) in [6, 6.07) is 20.7. The van der Waals surface area contributed by atoms with Gasteiger partial charge >= 0.3 is 0 Å². The molecule has 0 bridgehead atoms. The van der Waals surface area contributed by atoms with Gasteiger partial charge in [-0.25, -0.2) is 0 Å². The van der Waals surface area contributed by atoms with Gasteiger partial charge in [-0.15, -0.1) is 0 Å². The van der Waals surface area contributed by atoms with Gasteiger partial charge in [-0.05, 0) is 49.7 Å². The zero-order valence-electron chi connectivity index (χ0n) is 18.5. The molecule has 0 aliphatic carbocycles. The van der Waals surface area contributed by atoms with Crippen molar-refractivity contribution in [3.8, 4) is 11.8 Å². The predicted molar refractivity (Wildman–Crippen MR) is 123 cm³/mol. The van der Waals surface area contributed by atoms with Crippen molar-refractivity contribution in [1.29, 1.82) is 0 Å². The fourth-order valence-corrected chi connectivity index (χ4v) is 3.88. The van der Waals surface area contributed by atoms with Crippen LogP contribution in [-0.2, 0) is 9.47 Å². The van der Waals surface area contributed by atoms with E-state index >= 15 is 0 Å². The van der Waals surface area contributed by atoms with Crippen LogP contribution in [0.3, 0.4) is 0 Å². The second kappa shape index (κ2) is 11.9. The summed E-state index contributed by atoms with van der Waals surface area (Å²) in [7, 11) is 0. The lowest BCUT2D eigenvalue weighted by Crippen LogP contribution is -3.12.